The Morgan fingerprint density at radius 1 is 1.20 bits per heavy atom. The highest BCUT2D eigenvalue weighted by Gasteiger charge is 2.15. The number of amides is 2. The molecule has 0 aliphatic carbocycles. The summed E-state index contributed by atoms with van der Waals surface area (Å²) in [7, 11) is 0. The van der Waals surface area contributed by atoms with Crippen LogP contribution >= 0.6 is 0 Å². The van der Waals surface area contributed by atoms with Gasteiger partial charge in [0.15, 0.2) is 5.76 Å². The summed E-state index contributed by atoms with van der Waals surface area (Å²) in [6, 6.07) is 8.66. The van der Waals surface area contributed by atoms with E-state index in [0.29, 0.717) is 23.6 Å². The summed E-state index contributed by atoms with van der Waals surface area (Å²) in [5, 5.41) is 14.7. The van der Waals surface area contributed by atoms with Gasteiger partial charge in [-0.3, -0.25) is 9.59 Å². The van der Waals surface area contributed by atoms with Crippen LogP contribution in [0.4, 0.5) is 5.69 Å². The lowest BCUT2D eigenvalue weighted by Crippen LogP contribution is -2.37. The van der Waals surface area contributed by atoms with E-state index >= 15 is 0 Å². The molecular formula is C19H24N2O4. The fraction of sp³-hybridized carbons (Fsp3) is 0.368. The highest BCUT2D eigenvalue weighted by Crippen LogP contribution is 2.17. The first kappa shape index (κ1) is 18.7. The van der Waals surface area contributed by atoms with Crippen molar-refractivity contribution in [2.45, 2.75) is 39.7 Å². The van der Waals surface area contributed by atoms with Gasteiger partial charge in [-0.2, -0.15) is 0 Å². The number of benzene rings is 1. The monoisotopic (exact) mass is 344 g/mol. The molecule has 1 atom stereocenters. The Morgan fingerprint density at radius 3 is 2.40 bits per heavy atom. The van der Waals surface area contributed by atoms with Crippen LogP contribution in [0.3, 0.4) is 0 Å². The Hall–Kier alpha value is -2.60. The number of hydrogen-bond acceptors (Lipinski definition) is 4. The quantitative estimate of drug-likeness (QED) is 0.720. The molecule has 6 nitrogen and oxygen atoms in total. The van der Waals surface area contributed by atoms with E-state index in [9.17, 15) is 9.59 Å². The summed E-state index contributed by atoms with van der Waals surface area (Å²) < 4.78 is 5.40. The largest absolute Gasteiger partial charge is 0.456 e. The fourth-order valence-corrected chi connectivity index (χ4v) is 2.50. The molecule has 0 aliphatic rings. The van der Waals surface area contributed by atoms with Crippen LogP contribution in [-0.2, 0) is 11.2 Å². The molecule has 0 unspecified atom stereocenters. The lowest BCUT2D eigenvalue weighted by atomic mass is 10.1. The van der Waals surface area contributed by atoms with Crippen LogP contribution in [0.25, 0.3) is 0 Å². The molecule has 0 fully saturated rings. The molecule has 0 spiro atoms. The number of hydrogen-bond donors (Lipinski definition) is 3. The van der Waals surface area contributed by atoms with Crippen LogP contribution in [0.15, 0.2) is 34.7 Å². The number of aryl methyl sites for hydroxylation is 2. The van der Waals surface area contributed by atoms with E-state index in [1.165, 1.54) is 0 Å². The average molecular weight is 344 g/mol. The normalized spacial score (nSPS) is 11.8. The molecule has 25 heavy (non-hydrogen) atoms. The molecule has 134 valence electrons. The summed E-state index contributed by atoms with van der Waals surface area (Å²) in [6.07, 6.45) is 0.903. The number of aliphatic hydroxyl groups excluding tert-OH is 1. The van der Waals surface area contributed by atoms with E-state index in [1.807, 2.05) is 19.9 Å². The van der Waals surface area contributed by atoms with Gasteiger partial charge in [0.1, 0.15) is 5.76 Å². The van der Waals surface area contributed by atoms with Crippen LogP contribution in [0.1, 0.15) is 40.8 Å². The number of aliphatic hydroxyl groups is 1. The van der Waals surface area contributed by atoms with Gasteiger partial charge in [-0.15, -0.1) is 0 Å². The van der Waals surface area contributed by atoms with Gasteiger partial charge in [0.25, 0.3) is 5.91 Å². The first-order valence-corrected chi connectivity index (χ1v) is 8.30. The molecule has 1 aromatic carbocycles. The molecule has 0 saturated carbocycles. The van der Waals surface area contributed by atoms with Crippen molar-refractivity contribution in [2.75, 3.05) is 11.9 Å². The van der Waals surface area contributed by atoms with Crippen LogP contribution in [0.5, 0.6) is 0 Å². The second-order valence-corrected chi connectivity index (χ2v) is 6.05. The number of carbonyl (C=O) groups is 2. The van der Waals surface area contributed by atoms with Crippen molar-refractivity contribution in [3.8, 4) is 0 Å². The molecule has 2 amide bonds. The average Bonchev–Trinajstić information content (AvgIpc) is 2.93. The first-order chi connectivity index (χ1) is 11.9. The van der Waals surface area contributed by atoms with Crippen molar-refractivity contribution >= 4 is 17.5 Å². The molecule has 3 N–H and O–H groups in total. The lowest BCUT2D eigenvalue weighted by molar-refractivity contribution is -0.121. The second-order valence-electron chi connectivity index (χ2n) is 6.05. The number of rotatable bonds is 7. The van der Waals surface area contributed by atoms with Gasteiger partial charge in [0.05, 0.1) is 19.1 Å². The SMILES string of the molecule is CC[C@@H](CO)NC(=O)Cc1ccc(NC(=O)c2oc(C)cc2C)cc1. The lowest BCUT2D eigenvalue weighted by Gasteiger charge is -2.14. The predicted octanol–water partition coefficient (Wildman–Crippen LogP) is 2.58. The minimum atomic E-state index is -0.301. The van der Waals surface area contributed by atoms with E-state index in [2.05, 4.69) is 10.6 Å². The van der Waals surface area contributed by atoms with Crippen molar-refractivity contribution in [1.29, 1.82) is 0 Å². The third kappa shape index (κ3) is 5.19. The van der Waals surface area contributed by atoms with Gasteiger partial charge in [-0.25, -0.2) is 0 Å². The standard InChI is InChI=1S/C19H24N2O4/c1-4-15(11-22)20-17(23)10-14-5-7-16(8-6-14)21-19(24)18-12(2)9-13(3)25-18/h5-9,15,22H,4,10-11H2,1-3H3,(H,20,23)(H,21,24)/t15-/m0/s1. The minimum Gasteiger partial charge on any atom is -0.456 e. The number of anilines is 1. The van der Waals surface area contributed by atoms with Crippen molar-refractivity contribution in [3.05, 3.63) is 53.0 Å². The summed E-state index contributed by atoms with van der Waals surface area (Å²) in [5.74, 6) is 0.553. The highest BCUT2D eigenvalue weighted by molar-refractivity contribution is 6.03. The molecular weight excluding hydrogens is 320 g/mol. The topological polar surface area (TPSA) is 91.6 Å². The maximum absolute atomic E-state index is 12.2. The smallest absolute Gasteiger partial charge is 0.291 e. The van der Waals surface area contributed by atoms with Crippen molar-refractivity contribution in [1.82, 2.24) is 5.32 Å². The molecule has 1 heterocycles. The van der Waals surface area contributed by atoms with Crippen molar-refractivity contribution in [2.24, 2.45) is 0 Å². The maximum Gasteiger partial charge on any atom is 0.291 e. The summed E-state index contributed by atoms with van der Waals surface area (Å²) in [6.45, 7) is 5.45. The molecule has 0 saturated heterocycles. The number of carbonyl (C=O) groups excluding carboxylic acids is 2. The van der Waals surface area contributed by atoms with E-state index in [1.54, 1.807) is 31.2 Å². The zero-order valence-corrected chi connectivity index (χ0v) is 14.8. The van der Waals surface area contributed by atoms with Gasteiger partial charge in [0.2, 0.25) is 5.91 Å². The van der Waals surface area contributed by atoms with Crippen molar-refractivity contribution < 1.29 is 19.1 Å². The molecule has 0 aliphatic heterocycles. The molecule has 2 rings (SSSR count). The number of furan rings is 1. The predicted molar refractivity (Wildman–Crippen MR) is 95.6 cm³/mol. The first-order valence-electron chi connectivity index (χ1n) is 8.30. The van der Waals surface area contributed by atoms with E-state index in [-0.39, 0.29) is 30.9 Å². The Balaban J connectivity index is 1.94. The minimum absolute atomic E-state index is 0.0706. The number of nitrogens with one attached hydrogen (secondary N) is 2. The zero-order chi connectivity index (χ0) is 18.4. The van der Waals surface area contributed by atoms with Crippen LogP contribution in [0, 0.1) is 13.8 Å². The molecule has 2 aromatic rings. The summed E-state index contributed by atoms with van der Waals surface area (Å²) in [5.41, 5.74) is 2.25. The molecule has 0 bridgehead atoms. The molecule has 1 aromatic heterocycles. The molecule has 6 heteroatoms. The van der Waals surface area contributed by atoms with Crippen LogP contribution in [0.2, 0.25) is 0 Å². The summed E-state index contributed by atoms with van der Waals surface area (Å²) >= 11 is 0. The third-order valence-electron chi connectivity index (χ3n) is 3.90. The molecule has 0 radical (unpaired) electrons. The Bertz CT molecular complexity index is 730. The Morgan fingerprint density at radius 2 is 1.88 bits per heavy atom. The highest BCUT2D eigenvalue weighted by atomic mass is 16.3. The van der Waals surface area contributed by atoms with Crippen LogP contribution in [-0.4, -0.2) is 29.6 Å². The second kappa shape index (κ2) is 8.48. The Kier molecular flexibility index (Phi) is 6.36. The third-order valence-corrected chi connectivity index (χ3v) is 3.90. The van der Waals surface area contributed by atoms with E-state index in [4.69, 9.17) is 9.52 Å². The maximum atomic E-state index is 12.2. The van der Waals surface area contributed by atoms with Gasteiger partial charge in [0, 0.05) is 11.3 Å². The fourth-order valence-electron chi connectivity index (χ4n) is 2.50. The van der Waals surface area contributed by atoms with Crippen LogP contribution < -0.4 is 10.6 Å². The van der Waals surface area contributed by atoms with E-state index in [0.717, 1.165) is 11.1 Å². The van der Waals surface area contributed by atoms with Gasteiger partial charge in [-0.1, -0.05) is 19.1 Å². The van der Waals surface area contributed by atoms with E-state index < -0.39 is 0 Å². The zero-order valence-electron chi connectivity index (χ0n) is 14.8. The van der Waals surface area contributed by atoms with Crippen molar-refractivity contribution in [3.63, 3.8) is 0 Å². The van der Waals surface area contributed by atoms with Gasteiger partial charge < -0.3 is 20.2 Å². The van der Waals surface area contributed by atoms with Gasteiger partial charge >= 0.3 is 0 Å². The van der Waals surface area contributed by atoms with Gasteiger partial charge in [-0.05, 0) is 44.0 Å². The summed E-state index contributed by atoms with van der Waals surface area (Å²) in [4.78, 5) is 24.1. The Labute approximate surface area is 147 Å².